The number of allylic oxidation sites excluding steroid dienone is 1. The maximum absolute atomic E-state index is 10.3. The maximum atomic E-state index is 10.3. The fraction of sp³-hybridized carbons (Fsp3) is 0.929. The van der Waals surface area contributed by atoms with Crippen LogP contribution in [0.5, 0.6) is 0 Å². The molecule has 3 heteroatoms. The first-order valence-electron chi connectivity index (χ1n) is 13.6. The fourth-order valence-electron chi connectivity index (χ4n) is 12.1. The lowest BCUT2D eigenvalue weighted by Gasteiger charge is -2.60. The van der Waals surface area contributed by atoms with Crippen LogP contribution in [-0.4, -0.2) is 47.4 Å². The molecule has 8 aliphatic rings. The van der Waals surface area contributed by atoms with Gasteiger partial charge in [-0.05, 0) is 106 Å². The number of ether oxygens (including phenoxy) is 1. The van der Waals surface area contributed by atoms with Gasteiger partial charge in [-0.1, -0.05) is 25.5 Å². The molecule has 2 heterocycles. The maximum Gasteiger partial charge on any atom is 0.0793 e. The van der Waals surface area contributed by atoms with Crippen LogP contribution in [-0.2, 0) is 4.74 Å². The Morgan fingerprint density at radius 3 is 2.87 bits per heavy atom. The van der Waals surface area contributed by atoms with Gasteiger partial charge in [0.15, 0.2) is 0 Å². The molecule has 3 spiro atoms. The lowest BCUT2D eigenvalue weighted by atomic mass is 9.47. The number of aliphatic hydroxyl groups excluding tert-OH is 1. The summed E-state index contributed by atoms with van der Waals surface area (Å²) < 4.78 is 7.26. The van der Waals surface area contributed by atoms with E-state index in [1.807, 2.05) is 0 Å². The number of piperidine rings is 1. The lowest BCUT2D eigenvalue weighted by Crippen LogP contribution is -2.64. The Labute approximate surface area is 188 Å². The molecule has 0 aromatic carbocycles. The molecule has 8 rings (SSSR count). The molecular formula is C28H41NO2. The molecule has 5 saturated carbocycles. The Morgan fingerprint density at radius 1 is 1.13 bits per heavy atom. The summed E-state index contributed by atoms with van der Waals surface area (Å²) in [5, 5.41) is 10.3. The summed E-state index contributed by atoms with van der Waals surface area (Å²) in [6.45, 7) is 6.27. The number of likely N-dealkylation sites (tertiary alicyclic amines) is 1. The third kappa shape index (κ3) is 1.88. The SMILES string of the molecule is C[C@H]1C[C@H]2O[C@@]34CC[C@H]5C6CC=C7C[C@@H](O)CCC7(C)[C@H]6CC56CC63C[C@@H]4[C@@H]2N(C)C1. The standard InChI is InChI=1S/C28H41NO2/c1-16-10-23-24(29(3)14-16)22-13-27-15-26(27)12-21-19(20(26)7-9-28(22,27)31-23)5-4-17-11-18(30)6-8-25(17,21)2/h4,16,18-24,30H,5-15H2,1-3H3/t16-,18-,19?,20-,21-,22+,23+,24-,25?,26?,27?,28+/m0/s1. The molecule has 0 aromatic rings. The van der Waals surface area contributed by atoms with E-state index in [0.717, 1.165) is 42.4 Å². The van der Waals surface area contributed by atoms with E-state index >= 15 is 0 Å². The third-order valence-corrected chi connectivity index (χ3v) is 13.1. The van der Waals surface area contributed by atoms with Crippen molar-refractivity contribution in [3.05, 3.63) is 11.6 Å². The van der Waals surface area contributed by atoms with Crippen LogP contribution in [0.3, 0.4) is 0 Å². The van der Waals surface area contributed by atoms with Crippen molar-refractivity contribution >= 4 is 0 Å². The van der Waals surface area contributed by atoms with Crippen LogP contribution in [0.25, 0.3) is 0 Å². The van der Waals surface area contributed by atoms with Gasteiger partial charge in [-0.3, -0.25) is 0 Å². The molecule has 0 bridgehead atoms. The monoisotopic (exact) mass is 423 g/mol. The van der Waals surface area contributed by atoms with Crippen molar-refractivity contribution in [2.75, 3.05) is 13.6 Å². The molecule has 3 nitrogen and oxygen atoms in total. The van der Waals surface area contributed by atoms with Crippen LogP contribution in [0.1, 0.15) is 78.1 Å². The summed E-state index contributed by atoms with van der Waals surface area (Å²) in [6, 6.07) is 0.699. The minimum atomic E-state index is -0.0877. The first kappa shape index (κ1) is 19.0. The third-order valence-electron chi connectivity index (χ3n) is 13.1. The van der Waals surface area contributed by atoms with Crippen molar-refractivity contribution in [3.8, 4) is 0 Å². The molecule has 4 unspecified atom stereocenters. The van der Waals surface area contributed by atoms with Crippen LogP contribution in [0, 0.1) is 45.8 Å². The number of hydrogen-bond donors (Lipinski definition) is 1. The van der Waals surface area contributed by atoms with Crippen LogP contribution in [0.2, 0.25) is 0 Å². The van der Waals surface area contributed by atoms with Gasteiger partial charge in [-0.15, -0.1) is 0 Å². The zero-order valence-corrected chi connectivity index (χ0v) is 19.8. The molecule has 0 aromatic heterocycles. The largest absolute Gasteiger partial charge is 0.393 e. The Morgan fingerprint density at radius 2 is 2.00 bits per heavy atom. The molecule has 0 amide bonds. The molecule has 12 atom stereocenters. The van der Waals surface area contributed by atoms with E-state index in [0.29, 0.717) is 28.4 Å². The van der Waals surface area contributed by atoms with E-state index in [9.17, 15) is 5.11 Å². The average Bonchev–Trinajstić information content (AvgIpc) is 3.19. The van der Waals surface area contributed by atoms with Crippen LogP contribution >= 0.6 is 0 Å². The van der Waals surface area contributed by atoms with Gasteiger partial charge >= 0.3 is 0 Å². The predicted molar refractivity (Wildman–Crippen MR) is 120 cm³/mol. The van der Waals surface area contributed by atoms with E-state index < -0.39 is 0 Å². The Hall–Kier alpha value is -0.380. The highest BCUT2D eigenvalue weighted by atomic mass is 16.5. The van der Waals surface area contributed by atoms with Crippen molar-refractivity contribution in [2.45, 2.75) is 102 Å². The van der Waals surface area contributed by atoms with E-state index in [-0.39, 0.29) is 11.7 Å². The summed E-state index contributed by atoms with van der Waals surface area (Å²) in [7, 11) is 2.38. The normalized spacial score (nSPS) is 65.7. The van der Waals surface area contributed by atoms with Crippen molar-refractivity contribution in [3.63, 3.8) is 0 Å². The molecule has 6 aliphatic carbocycles. The number of hydrogen-bond acceptors (Lipinski definition) is 3. The topological polar surface area (TPSA) is 32.7 Å². The highest BCUT2D eigenvalue weighted by Gasteiger charge is 2.91. The summed E-state index contributed by atoms with van der Waals surface area (Å²) in [5.41, 5.74) is 3.38. The quantitative estimate of drug-likeness (QED) is 0.569. The first-order valence-corrected chi connectivity index (χ1v) is 13.6. The molecule has 1 N–H and O–H groups in total. The second-order valence-electron chi connectivity index (χ2n) is 13.9. The molecule has 0 radical (unpaired) electrons. The first-order chi connectivity index (χ1) is 14.8. The number of nitrogens with zero attached hydrogens (tertiary/aromatic N) is 1. The second-order valence-corrected chi connectivity index (χ2v) is 13.9. The van der Waals surface area contributed by atoms with Crippen LogP contribution in [0.15, 0.2) is 11.6 Å². The summed E-state index contributed by atoms with van der Waals surface area (Å²) in [4.78, 5) is 2.69. The van der Waals surface area contributed by atoms with Crippen LogP contribution in [0.4, 0.5) is 0 Å². The fourth-order valence-corrected chi connectivity index (χ4v) is 12.1. The summed E-state index contributed by atoms with van der Waals surface area (Å²) in [6.07, 6.45) is 16.0. The molecule has 31 heavy (non-hydrogen) atoms. The Kier molecular flexibility index (Phi) is 3.35. The smallest absolute Gasteiger partial charge is 0.0793 e. The van der Waals surface area contributed by atoms with Crippen molar-refractivity contribution in [1.82, 2.24) is 4.90 Å². The van der Waals surface area contributed by atoms with Gasteiger partial charge in [0.1, 0.15) is 0 Å². The molecular weight excluding hydrogens is 382 g/mol. The highest BCUT2D eigenvalue weighted by molar-refractivity contribution is 5.41. The number of fused-ring (bicyclic) bond motifs is 6. The molecule has 170 valence electrons. The number of rotatable bonds is 0. The van der Waals surface area contributed by atoms with Gasteiger partial charge in [-0.2, -0.15) is 0 Å². The van der Waals surface area contributed by atoms with Crippen molar-refractivity contribution in [1.29, 1.82) is 0 Å². The summed E-state index contributed by atoms with van der Waals surface area (Å²) in [5.74, 6) is 4.32. The van der Waals surface area contributed by atoms with E-state index in [2.05, 4.69) is 31.9 Å². The lowest BCUT2D eigenvalue weighted by molar-refractivity contribution is -0.211. The van der Waals surface area contributed by atoms with Gasteiger partial charge in [0.2, 0.25) is 0 Å². The zero-order chi connectivity index (χ0) is 21.0. The predicted octanol–water partition coefficient (Wildman–Crippen LogP) is 4.79. The van der Waals surface area contributed by atoms with E-state index in [4.69, 9.17) is 4.74 Å². The molecule has 2 saturated heterocycles. The van der Waals surface area contributed by atoms with Gasteiger partial charge in [0, 0.05) is 23.9 Å². The average molecular weight is 424 g/mol. The Bertz CT molecular complexity index is 884. The van der Waals surface area contributed by atoms with E-state index in [1.165, 1.54) is 57.9 Å². The molecule has 2 aliphatic heterocycles. The van der Waals surface area contributed by atoms with Gasteiger partial charge in [-0.25, -0.2) is 0 Å². The second kappa shape index (κ2) is 5.47. The zero-order valence-electron chi connectivity index (χ0n) is 19.8. The molecule has 7 fully saturated rings. The highest BCUT2D eigenvalue weighted by Crippen LogP contribution is 2.93. The van der Waals surface area contributed by atoms with Crippen LogP contribution < -0.4 is 0 Å². The van der Waals surface area contributed by atoms with Crippen molar-refractivity contribution < 1.29 is 9.84 Å². The minimum Gasteiger partial charge on any atom is -0.393 e. The number of likely N-dealkylation sites (N-methyl/N-ethyl adjacent to an activating group) is 1. The Balaban J connectivity index is 1.14. The van der Waals surface area contributed by atoms with Gasteiger partial charge in [0.05, 0.1) is 17.8 Å². The number of aliphatic hydroxyl groups is 1. The van der Waals surface area contributed by atoms with Gasteiger partial charge < -0.3 is 14.7 Å². The van der Waals surface area contributed by atoms with E-state index in [1.54, 1.807) is 5.57 Å². The minimum absolute atomic E-state index is 0.0877. The summed E-state index contributed by atoms with van der Waals surface area (Å²) >= 11 is 0. The van der Waals surface area contributed by atoms with Crippen molar-refractivity contribution in [2.24, 2.45) is 45.8 Å². The van der Waals surface area contributed by atoms with Gasteiger partial charge in [0.25, 0.3) is 0 Å².